The molecule has 0 unspecified atom stereocenters. The average molecular weight is 274 g/mol. The van der Waals surface area contributed by atoms with E-state index in [4.69, 9.17) is 10.5 Å². The number of benzene rings is 2. The van der Waals surface area contributed by atoms with Crippen LogP contribution in [0, 0.1) is 5.82 Å². The lowest BCUT2D eigenvalue weighted by Crippen LogP contribution is -2.28. The zero-order chi connectivity index (χ0) is 14.4. The molecule has 0 saturated carbocycles. The Balaban J connectivity index is 1.79. The lowest BCUT2D eigenvalue weighted by Gasteiger charge is -2.08. The molecule has 0 aliphatic carbocycles. The predicted molar refractivity (Wildman–Crippen MR) is 75.1 cm³/mol. The molecular formula is C15H15FN2O2. The number of carbonyl (C=O) groups excluding carboxylic acids is 1. The molecule has 0 spiro atoms. The Labute approximate surface area is 116 Å². The summed E-state index contributed by atoms with van der Waals surface area (Å²) in [5.74, 6) is -0.102. The maximum atomic E-state index is 13.0. The molecule has 20 heavy (non-hydrogen) atoms. The summed E-state index contributed by atoms with van der Waals surface area (Å²) in [5, 5.41) is 2.67. The van der Waals surface area contributed by atoms with Gasteiger partial charge in [0.25, 0.3) is 5.91 Å². The van der Waals surface area contributed by atoms with Crippen molar-refractivity contribution in [2.75, 3.05) is 18.9 Å². The van der Waals surface area contributed by atoms with Gasteiger partial charge in [-0.2, -0.15) is 0 Å². The molecule has 0 saturated heterocycles. The normalized spacial score (nSPS) is 10.1. The highest BCUT2D eigenvalue weighted by Crippen LogP contribution is 2.12. The van der Waals surface area contributed by atoms with Gasteiger partial charge in [-0.3, -0.25) is 4.79 Å². The van der Waals surface area contributed by atoms with E-state index in [1.807, 2.05) is 30.3 Å². The number of rotatable bonds is 5. The number of nitrogens with two attached hydrogens (primary N) is 1. The molecule has 0 heterocycles. The molecule has 0 aromatic heterocycles. The van der Waals surface area contributed by atoms with Gasteiger partial charge in [0, 0.05) is 5.56 Å². The summed E-state index contributed by atoms with van der Waals surface area (Å²) in [6.45, 7) is 0.706. The summed E-state index contributed by atoms with van der Waals surface area (Å²) < 4.78 is 18.4. The minimum Gasteiger partial charge on any atom is -0.492 e. The predicted octanol–water partition coefficient (Wildman–Crippen LogP) is 2.22. The van der Waals surface area contributed by atoms with Crippen LogP contribution in [-0.4, -0.2) is 19.1 Å². The Hall–Kier alpha value is -2.56. The first-order chi connectivity index (χ1) is 9.66. The lowest BCUT2D eigenvalue weighted by atomic mass is 10.2. The summed E-state index contributed by atoms with van der Waals surface area (Å²) in [6, 6.07) is 13.2. The maximum Gasteiger partial charge on any atom is 0.251 e. The monoisotopic (exact) mass is 274 g/mol. The van der Waals surface area contributed by atoms with Gasteiger partial charge in [0.05, 0.1) is 12.2 Å². The number of hydrogen-bond donors (Lipinski definition) is 2. The van der Waals surface area contributed by atoms with Crippen LogP contribution < -0.4 is 15.8 Å². The third-order valence-corrected chi connectivity index (χ3v) is 2.66. The van der Waals surface area contributed by atoms with Crippen molar-refractivity contribution in [3.05, 3.63) is 59.9 Å². The zero-order valence-electron chi connectivity index (χ0n) is 10.8. The van der Waals surface area contributed by atoms with Crippen LogP contribution in [0.15, 0.2) is 48.5 Å². The highest BCUT2D eigenvalue weighted by Gasteiger charge is 2.07. The van der Waals surface area contributed by atoms with Crippen LogP contribution in [0.5, 0.6) is 5.75 Å². The van der Waals surface area contributed by atoms with E-state index in [2.05, 4.69) is 5.32 Å². The Morgan fingerprint density at radius 3 is 2.65 bits per heavy atom. The van der Waals surface area contributed by atoms with Crippen LogP contribution >= 0.6 is 0 Å². The van der Waals surface area contributed by atoms with E-state index in [9.17, 15) is 9.18 Å². The molecular weight excluding hydrogens is 259 g/mol. The number of halogens is 1. The van der Waals surface area contributed by atoms with Gasteiger partial charge in [0.15, 0.2) is 0 Å². The molecule has 5 heteroatoms. The fraction of sp³-hybridized carbons (Fsp3) is 0.133. The van der Waals surface area contributed by atoms with E-state index in [0.717, 1.165) is 5.75 Å². The van der Waals surface area contributed by atoms with Crippen LogP contribution in [0.25, 0.3) is 0 Å². The second-order valence-electron chi connectivity index (χ2n) is 4.15. The van der Waals surface area contributed by atoms with Crippen molar-refractivity contribution in [3.63, 3.8) is 0 Å². The molecule has 3 N–H and O–H groups in total. The van der Waals surface area contributed by atoms with Crippen LogP contribution in [-0.2, 0) is 0 Å². The highest BCUT2D eigenvalue weighted by molar-refractivity contribution is 5.95. The van der Waals surface area contributed by atoms with Gasteiger partial charge in [-0.15, -0.1) is 0 Å². The zero-order valence-corrected chi connectivity index (χ0v) is 10.8. The largest absolute Gasteiger partial charge is 0.492 e. The Bertz CT molecular complexity index is 588. The molecule has 4 nitrogen and oxygen atoms in total. The molecule has 1 amide bonds. The van der Waals surface area contributed by atoms with Crippen molar-refractivity contribution < 1.29 is 13.9 Å². The lowest BCUT2D eigenvalue weighted by molar-refractivity contribution is 0.0947. The number of hydrogen-bond acceptors (Lipinski definition) is 3. The molecule has 2 rings (SSSR count). The number of ether oxygens (including phenoxy) is 1. The van der Waals surface area contributed by atoms with Gasteiger partial charge in [-0.1, -0.05) is 18.2 Å². The SMILES string of the molecule is Nc1cc(C(=O)NCCOc2ccccc2)ccc1F. The summed E-state index contributed by atoms with van der Waals surface area (Å²) in [7, 11) is 0. The number of para-hydroxylation sites is 1. The van der Waals surface area contributed by atoms with Gasteiger partial charge < -0.3 is 15.8 Å². The number of nitrogen functional groups attached to an aromatic ring is 1. The van der Waals surface area contributed by atoms with E-state index >= 15 is 0 Å². The van der Waals surface area contributed by atoms with E-state index < -0.39 is 5.82 Å². The standard InChI is InChI=1S/C15H15FN2O2/c16-13-7-6-11(10-14(13)17)15(19)18-8-9-20-12-4-2-1-3-5-12/h1-7,10H,8-9,17H2,(H,18,19). The summed E-state index contributed by atoms with van der Waals surface area (Å²) in [4.78, 5) is 11.8. The van der Waals surface area contributed by atoms with Crippen LogP contribution in [0.4, 0.5) is 10.1 Å². The minimum atomic E-state index is -0.533. The van der Waals surface area contributed by atoms with Crippen molar-refractivity contribution in [1.82, 2.24) is 5.32 Å². The maximum absolute atomic E-state index is 13.0. The van der Waals surface area contributed by atoms with Crippen molar-refractivity contribution in [2.24, 2.45) is 0 Å². The van der Waals surface area contributed by atoms with Crippen LogP contribution in [0.1, 0.15) is 10.4 Å². The molecule has 0 atom stereocenters. The fourth-order valence-corrected chi connectivity index (χ4v) is 1.64. The van der Waals surface area contributed by atoms with E-state index in [-0.39, 0.29) is 11.6 Å². The minimum absolute atomic E-state index is 0.0433. The van der Waals surface area contributed by atoms with Gasteiger partial charge in [-0.25, -0.2) is 4.39 Å². The third-order valence-electron chi connectivity index (χ3n) is 2.66. The second kappa shape index (κ2) is 6.56. The molecule has 0 fully saturated rings. The van der Waals surface area contributed by atoms with Gasteiger partial charge in [0.1, 0.15) is 18.2 Å². The topological polar surface area (TPSA) is 64.4 Å². The van der Waals surface area contributed by atoms with Crippen molar-refractivity contribution in [2.45, 2.75) is 0 Å². The first kappa shape index (κ1) is 13.9. The van der Waals surface area contributed by atoms with Crippen LogP contribution in [0.2, 0.25) is 0 Å². The number of nitrogens with one attached hydrogen (secondary N) is 1. The summed E-state index contributed by atoms with van der Waals surface area (Å²) in [6.07, 6.45) is 0. The number of carbonyl (C=O) groups is 1. The van der Waals surface area contributed by atoms with Gasteiger partial charge >= 0.3 is 0 Å². The summed E-state index contributed by atoms with van der Waals surface area (Å²) >= 11 is 0. The number of anilines is 1. The third kappa shape index (κ3) is 3.71. The van der Waals surface area contributed by atoms with E-state index in [0.29, 0.717) is 18.7 Å². The molecule has 0 aliphatic rings. The van der Waals surface area contributed by atoms with Crippen molar-refractivity contribution in [1.29, 1.82) is 0 Å². The van der Waals surface area contributed by atoms with Crippen molar-refractivity contribution in [3.8, 4) is 5.75 Å². The number of amides is 1. The summed E-state index contributed by atoms with van der Waals surface area (Å²) in [5.41, 5.74) is 5.69. The Kier molecular flexibility index (Phi) is 4.55. The molecule has 104 valence electrons. The van der Waals surface area contributed by atoms with Crippen molar-refractivity contribution >= 4 is 11.6 Å². The van der Waals surface area contributed by atoms with Crippen LogP contribution in [0.3, 0.4) is 0 Å². The Morgan fingerprint density at radius 2 is 1.95 bits per heavy atom. The first-order valence-corrected chi connectivity index (χ1v) is 6.18. The first-order valence-electron chi connectivity index (χ1n) is 6.18. The second-order valence-corrected chi connectivity index (χ2v) is 4.15. The quantitative estimate of drug-likeness (QED) is 0.649. The molecule has 2 aromatic carbocycles. The fourth-order valence-electron chi connectivity index (χ4n) is 1.64. The molecule has 0 aliphatic heterocycles. The molecule has 0 radical (unpaired) electrons. The average Bonchev–Trinajstić information content (AvgIpc) is 2.47. The van der Waals surface area contributed by atoms with E-state index in [1.54, 1.807) is 0 Å². The smallest absolute Gasteiger partial charge is 0.251 e. The van der Waals surface area contributed by atoms with Gasteiger partial charge in [0.2, 0.25) is 0 Å². The van der Waals surface area contributed by atoms with Gasteiger partial charge in [-0.05, 0) is 30.3 Å². The highest BCUT2D eigenvalue weighted by atomic mass is 19.1. The van der Waals surface area contributed by atoms with E-state index in [1.165, 1.54) is 18.2 Å². The molecule has 2 aromatic rings. The Morgan fingerprint density at radius 1 is 1.20 bits per heavy atom. The molecule has 0 bridgehead atoms.